The summed E-state index contributed by atoms with van der Waals surface area (Å²) in [6.45, 7) is 19.7. The normalized spacial score (nSPS) is 19.0. The van der Waals surface area contributed by atoms with Crippen LogP contribution in [-0.4, -0.2) is 60.7 Å². The smallest absolute Gasteiger partial charge is 0.209 e. The second-order valence-electron chi connectivity index (χ2n) is 13.2. The average molecular weight is 633 g/mol. The molecule has 9 heteroatoms. The van der Waals surface area contributed by atoms with E-state index in [1.165, 1.54) is 0 Å². The number of sulfone groups is 1. The van der Waals surface area contributed by atoms with Crippen molar-refractivity contribution in [1.29, 1.82) is 0 Å². The second-order valence-corrected chi connectivity index (χ2v) is 20.7. The van der Waals surface area contributed by atoms with Crippen LogP contribution in [-0.2, 0) is 30.2 Å². The van der Waals surface area contributed by atoms with E-state index < -0.39 is 23.6 Å². The van der Waals surface area contributed by atoms with Gasteiger partial charge in [0.25, 0.3) is 0 Å². The molecule has 43 heavy (non-hydrogen) atoms. The molecule has 0 amide bonds. The van der Waals surface area contributed by atoms with Gasteiger partial charge in [-0.05, 0) is 92.4 Å². The molecular formula is C34H56N2O5SSi. The Bertz CT molecular complexity index is 1220. The number of benzene rings is 1. The van der Waals surface area contributed by atoms with E-state index in [4.69, 9.17) is 18.9 Å². The van der Waals surface area contributed by atoms with Crippen LogP contribution in [0.3, 0.4) is 0 Å². The topological polar surface area (TPSA) is 86.8 Å². The lowest BCUT2D eigenvalue weighted by Crippen LogP contribution is -2.52. The Morgan fingerprint density at radius 3 is 2.16 bits per heavy atom. The molecule has 1 aliphatic rings. The number of methoxy groups -OCH3 is 1. The van der Waals surface area contributed by atoms with Gasteiger partial charge in [-0.15, -0.1) is 0 Å². The largest absolute Gasteiger partial charge is 0.414 e. The highest BCUT2D eigenvalue weighted by Crippen LogP contribution is 2.42. The van der Waals surface area contributed by atoms with Gasteiger partial charge in [0.1, 0.15) is 0 Å². The Labute approximate surface area is 262 Å². The van der Waals surface area contributed by atoms with Gasteiger partial charge in [0.2, 0.25) is 9.84 Å². The van der Waals surface area contributed by atoms with Gasteiger partial charge < -0.3 is 19.2 Å². The van der Waals surface area contributed by atoms with Gasteiger partial charge in [0, 0.05) is 44.3 Å². The summed E-state index contributed by atoms with van der Waals surface area (Å²) < 4.78 is 46.8. The van der Waals surface area contributed by atoms with Gasteiger partial charge in [0.15, 0.2) is 13.8 Å². The molecule has 0 aliphatic carbocycles. The third-order valence-corrected chi connectivity index (χ3v) is 16.9. The molecule has 3 atom stereocenters. The van der Waals surface area contributed by atoms with E-state index in [1.54, 1.807) is 19.2 Å². The van der Waals surface area contributed by atoms with Crippen LogP contribution in [0.4, 0.5) is 0 Å². The molecule has 1 aliphatic heterocycles. The lowest BCUT2D eigenvalue weighted by atomic mass is 10.0. The third kappa shape index (κ3) is 9.20. The van der Waals surface area contributed by atoms with Gasteiger partial charge in [-0.2, -0.15) is 0 Å². The summed E-state index contributed by atoms with van der Waals surface area (Å²) in [5.41, 5.74) is 3.82. The molecule has 1 N–H and O–H groups in total. The maximum absolute atomic E-state index is 14.1. The quantitative estimate of drug-likeness (QED) is 0.152. The summed E-state index contributed by atoms with van der Waals surface area (Å²) >= 11 is 0. The van der Waals surface area contributed by atoms with Crippen molar-refractivity contribution in [3.8, 4) is 0 Å². The molecule has 1 aromatic carbocycles. The van der Waals surface area contributed by atoms with Crippen molar-refractivity contribution in [1.82, 2.24) is 10.3 Å². The predicted molar refractivity (Wildman–Crippen MR) is 178 cm³/mol. The molecule has 7 nitrogen and oxygen atoms in total. The molecule has 2 heterocycles. The van der Waals surface area contributed by atoms with Gasteiger partial charge >= 0.3 is 0 Å². The zero-order valence-corrected chi connectivity index (χ0v) is 29.8. The Hall–Kier alpha value is -1.62. The summed E-state index contributed by atoms with van der Waals surface area (Å²) in [6.07, 6.45) is 4.02. The van der Waals surface area contributed by atoms with Gasteiger partial charge in [-0.3, -0.25) is 4.98 Å². The minimum Gasteiger partial charge on any atom is -0.414 e. The monoisotopic (exact) mass is 632 g/mol. The number of rotatable bonds is 16. The minimum atomic E-state index is -3.82. The fourth-order valence-electron chi connectivity index (χ4n) is 6.83. The minimum absolute atomic E-state index is 0.233. The number of nitrogens with one attached hydrogen (secondary N) is 1. The summed E-state index contributed by atoms with van der Waals surface area (Å²) in [6, 6.07) is 11.0. The number of aryl methyl sites for hydroxylation is 3. The lowest BCUT2D eigenvalue weighted by Gasteiger charge is -2.43. The molecule has 1 fully saturated rings. The van der Waals surface area contributed by atoms with E-state index in [-0.39, 0.29) is 17.0 Å². The van der Waals surface area contributed by atoms with Crippen LogP contribution in [0.5, 0.6) is 0 Å². The Morgan fingerprint density at radius 1 is 0.953 bits per heavy atom. The third-order valence-electron chi connectivity index (χ3n) is 8.99. The van der Waals surface area contributed by atoms with Crippen molar-refractivity contribution in [3.63, 3.8) is 0 Å². The molecule has 1 aromatic heterocycles. The van der Waals surface area contributed by atoms with E-state index >= 15 is 0 Å². The molecule has 0 radical (unpaired) electrons. The number of pyridine rings is 1. The summed E-state index contributed by atoms with van der Waals surface area (Å²) in [5.74, 6) is 0. The molecule has 1 unspecified atom stereocenters. The van der Waals surface area contributed by atoms with Crippen molar-refractivity contribution in [2.45, 2.75) is 127 Å². The number of hydrogen-bond acceptors (Lipinski definition) is 7. The fraction of sp³-hybridized carbons (Fsp3) is 0.676. The molecule has 3 rings (SSSR count). The molecule has 0 saturated carbocycles. The number of nitrogens with zero attached hydrogens (tertiary/aromatic N) is 1. The maximum Gasteiger partial charge on any atom is 0.209 e. The standard InChI is InChI=1S/C34H56N2O5SSi/c1-24(2)43(25(3)4,26(5)6)40-23-31-15-16-32(22-35-31)41-34(42(37,38)33-17-13-27(7)14-18-33)29-20-28(8)36-30(21-29)12-10-11-19-39-9/h13-14,17-18,20-21,24-26,31-32,34-35H,10-12,15-16,19,22-23H2,1-9H3/t31-,32+,34?/m0/s1. The maximum atomic E-state index is 14.1. The van der Waals surface area contributed by atoms with Crippen LogP contribution in [0.2, 0.25) is 16.6 Å². The molecular weight excluding hydrogens is 577 g/mol. The first-order chi connectivity index (χ1) is 20.3. The lowest BCUT2D eigenvalue weighted by molar-refractivity contribution is 0.00460. The Balaban J connectivity index is 1.79. The van der Waals surface area contributed by atoms with Crippen molar-refractivity contribution in [2.75, 3.05) is 26.9 Å². The number of hydrogen-bond donors (Lipinski definition) is 1. The fourth-order valence-corrected chi connectivity index (χ4v) is 13.9. The molecule has 242 valence electrons. The number of aromatic nitrogens is 1. The summed E-state index contributed by atoms with van der Waals surface area (Å²) in [4.78, 5) is 4.97. The van der Waals surface area contributed by atoms with Gasteiger partial charge in [-0.1, -0.05) is 59.2 Å². The average Bonchev–Trinajstić information content (AvgIpc) is 2.94. The highest BCUT2D eigenvalue weighted by Gasteiger charge is 2.45. The molecule has 0 bridgehead atoms. The van der Waals surface area contributed by atoms with E-state index in [0.29, 0.717) is 41.9 Å². The first-order valence-electron chi connectivity index (χ1n) is 16.1. The van der Waals surface area contributed by atoms with Crippen LogP contribution in [0, 0.1) is 13.8 Å². The predicted octanol–water partition coefficient (Wildman–Crippen LogP) is 7.47. The van der Waals surface area contributed by atoms with E-state index in [2.05, 4.69) is 46.9 Å². The molecule has 2 aromatic rings. The Kier molecular flexibility index (Phi) is 13.4. The zero-order valence-electron chi connectivity index (χ0n) is 28.0. The molecule has 0 spiro atoms. The number of unbranched alkanes of at least 4 members (excludes halogenated alkanes) is 1. The summed E-state index contributed by atoms with van der Waals surface area (Å²) in [5, 5.41) is 3.63. The first-order valence-corrected chi connectivity index (χ1v) is 19.8. The van der Waals surface area contributed by atoms with Gasteiger partial charge in [0.05, 0.1) is 11.0 Å². The molecule has 1 saturated heterocycles. The van der Waals surface area contributed by atoms with Crippen LogP contribution >= 0.6 is 0 Å². The van der Waals surface area contributed by atoms with Crippen LogP contribution in [0.15, 0.2) is 41.3 Å². The van der Waals surface area contributed by atoms with E-state index in [9.17, 15) is 8.42 Å². The van der Waals surface area contributed by atoms with Crippen molar-refractivity contribution < 1.29 is 22.3 Å². The van der Waals surface area contributed by atoms with Crippen LogP contribution in [0.1, 0.15) is 95.2 Å². The van der Waals surface area contributed by atoms with Crippen molar-refractivity contribution in [3.05, 3.63) is 58.9 Å². The van der Waals surface area contributed by atoms with Crippen LogP contribution in [0.25, 0.3) is 0 Å². The SMILES string of the molecule is COCCCCc1cc(C(O[C@@H]2CC[C@@H](CO[Si](C(C)C)(C(C)C)C(C)C)NC2)S(=O)(=O)c2ccc(C)cc2)cc(C)n1. The van der Waals surface area contributed by atoms with Gasteiger partial charge in [-0.25, -0.2) is 8.42 Å². The highest BCUT2D eigenvalue weighted by molar-refractivity contribution is 7.91. The van der Waals surface area contributed by atoms with E-state index in [0.717, 1.165) is 49.1 Å². The second kappa shape index (κ2) is 16.1. The van der Waals surface area contributed by atoms with Crippen LogP contribution < -0.4 is 5.32 Å². The summed E-state index contributed by atoms with van der Waals surface area (Å²) in [7, 11) is -4.07. The first kappa shape index (κ1) is 35.9. The van der Waals surface area contributed by atoms with Crippen molar-refractivity contribution in [2.24, 2.45) is 0 Å². The number of ether oxygens (including phenoxy) is 2. The van der Waals surface area contributed by atoms with E-state index in [1.807, 2.05) is 38.1 Å². The Morgan fingerprint density at radius 2 is 1.60 bits per heavy atom. The zero-order chi connectivity index (χ0) is 31.8. The highest BCUT2D eigenvalue weighted by atomic mass is 32.2. The number of piperidine rings is 1. The van der Waals surface area contributed by atoms with Crippen molar-refractivity contribution >= 4 is 18.2 Å².